The summed E-state index contributed by atoms with van der Waals surface area (Å²) >= 11 is 3.26. The van der Waals surface area contributed by atoms with Gasteiger partial charge in [-0.2, -0.15) is 0 Å². The summed E-state index contributed by atoms with van der Waals surface area (Å²) in [4.78, 5) is 15.0. The van der Waals surface area contributed by atoms with E-state index in [1.807, 2.05) is 0 Å². The maximum absolute atomic E-state index is 11.0. The number of halogens is 1. The third kappa shape index (κ3) is 1.87. The van der Waals surface area contributed by atoms with E-state index in [4.69, 9.17) is 0 Å². The SMILES string of the molecule is CC(=O)c1cccnc1CBr. The molecule has 0 saturated carbocycles. The summed E-state index contributed by atoms with van der Waals surface area (Å²) in [7, 11) is 0. The van der Waals surface area contributed by atoms with E-state index in [0.717, 1.165) is 5.69 Å². The highest BCUT2D eigenvalue weighted by Crippen LogP contribution is 2.09. The summed E-state index contributed by atoms with van der Waals surface area (Å²) in [5, 5.41) is 0.628. The van der Waals surface area contributed by atoms with Crippen LogP contribution in [0.4, 0.5) is 0 Å². The van der Waals surface area contributed by atoms with Crippen molar-refractivity contribution in [2.24, 2.45) is 0 Å². The number of hydrogen-bond donors (Lipinski definition) is 0. The Morgan fingerprint density at radius 2 is 2.45 bits per heavy atom. The van der Waals surface area contributed by atoms with Gasteiger partial charge in [0.05, 0.1) is 5.69 Å². The van der Waals surface area contributed by atoms with Crippen LogP contribution in [0.15, 0.2) is 18.3 Å². The highest BCUT2D eigenvalue weighted by Gasteiger charge is 2.04. The van der Waals surface area contributed by atoms with Gasteiger partial charge in [-0.1, -0.05) is 15.9 Å². The Morgan fingerprint density at radius 3 is 2.91 bits per heavy atom. The minimum atomic E-state index is 0.0625. The smallest absolute Gasteiger partial charge is 0.161 e. The number of ketones is 1. The number of aromatic nitrogens is 1. The summed E-state index contributed by atoms with van der Waals surface area (Å²) in [6.07, 6.45) is 1.68. The summed E-state index contributed by atoms with van der Waals surface area (Å²) in [5.41, 5.74) is 1.50. The van der Waals surface area contributed by atoms with E-state index in [-0.39, 0.29) is 5.78 Å². The number of rotatable bonds is 2. The maximum atomic E-state index is 11.0. The van der Waals surface area contributed by atoms with E-state index in [1.165, 1.54) is 0 Å². The molecule has 58 valence electrons. The number of alkyl halides is 1. The fourth-order valence-electron chi connectivity index (χ4n) is 0.865. The molecule has 1 aromatic rings. The Morgan fingerprint density at radius 1 is 1.73 bits per heavy atom. The van der Waals surface area contributed by atoms with Crippen LogP contribution in [-0.4, -0.2) is 10.8 Å². The monoisotopic (exact) mass is 213 g/mol. The molecule has 0 bridgehead atoms. The van der Waals surface area contributed by atoms with Gasteiger partial charge >= 0.3 is 0 Å². The number of hydrogen-bond acceptors (Lipinski definition) is 2. The molecule has 0 aliphatic heterocycles. The van der Waals surface area contributed by atoms with Gasteiger partial charge in [0.25, 0.3) is 0 Å². The molecule has 2 nitrogen and oxygen atoms in total. The lowest BCUT2D eigenvalue weighted by Crippen LogP contribution is -1.99. The molecular weight excluding hydrogens is 206 g/mol. The summed E-state index contributed by atoms with van der Waals surface area (Å²) < 4.78 is 0. The second-order valence-electron chi connectivity index (χ2n) is 2.19. The van der Waals surface area contributed by atoms with E-state index in [0.29, 0.717) is 10.9 Å². The van der Waals surface area contributed by atoms with Crippen molar-refractivity contribution in [1.29, 1.82) is 0 Å². The van der Waals surface area contributed by atoms with Crippen molar-refractivity contribution in [1.82, 2.24) is 4.98 Å². The second-order valence-corrected chi connectivity index (χ2v) is 2.75. The zero-order valence-electron chi connectivity index (χ0n) is 6.17. The maximum Gasteiger partial charge on any atom is 0.161 e. The van der Waals surface area contributed by atoms with Gasteiger partial charge in [-0.3, -0.25) is 9.78 Å². The average molecular weight is 214 g/mol. The largest absolute Gasteiger partial charge is 0.294 e. The topological polar surface area (TPSA) is 30.0 Å². The van der Waals surface area contributed by atoms with E-state index < -0.39 is 0 Å². The average Bonchev–Trinajstić information content (AvgIpc) is 2.04. The normalized spacial score (nSPS) is 9.64. The van der Waals surface area contributed by atoms with Crippen molar-refractivity contribution >= 4 is 21.7 Å². The molecule has 0 N–H and O–H groups in total. The number of Topliss-reactive ketones (excluding diaryl/α,β-unsaturated/α-hetero) is 1. The third-order valence-electron chi connectivity index (χ3n) is 1.40. The molecule has 0 unspecified atom stereocenters. The van der Waals surface area contributed by atoms with Crippen molar-refractivity contribution in [3.05, 3.63) is 29.6 Å². The van der Waals surface area contributed by atoms with Crippen LogP contribution in [-0.2, 0) is 5.33 Å². The van der Waals surface area contributed by atoms with Crippen molar-refractivity contribution in [2.75, 3.05) is 0 Å². The molecule has 0 aromatic carbocycles. The summed E-state index contributed by atoms with van der Waals surface area (Å²) in [6, 6.07) is 3.55. The minimum absolute atomic E-state index is 0.0625. The molecule has 1 rings (SSSR count). The number of nitrogens with zero attached hydrogens (tertiary/aromatic N) is 1. The van der Waals surface area contributed by atoms with Crippen molar-refractivity contribution < 1.29 is 4.79 Å². The molecule has 1 aromatic heterocycles. The molecule has 11 heavy (non-hydrogen) atoms. The van der Waals surface area contributed by atoms with Gasteiger partial charge in [0.1, 0.15) is 0 Å². The first kappa shape index (κ1) is 8.40. The van der Waals surface area contributed by atoms with Crippen LogP contribution in [0.2, 0.25) is 0 Å². The van der Waals surface area contributed by atoms with Crippen LogP contribution in [0.3, 0.4) is 0 Å². The molecule has 0 aliphatic rings. The minimum Gasteiger partial charge on any atom is -0.294 e. The van der Waals surface area contributed by atoms with E-state index >= 15 is 0 Å². The van der Waals surface area contributed by atoms with Gasteiger partial charge in [0.15, 0.2) is 5.78 Å². The van der Waals surface area contributed by atoms with Crippen LogP contribution in [0, 0.1) is 0 Å². The first-order valence-electron chi connectivity index (χ1n) is 3.26. The Kier molecular flexibility index (Phi) is 2.76. The van der Waals surface area contributed by atoms with Crippen molar-refractivity contribution in [2.45, 2.75) is 12.3 Å². The Labute approximate surface area is 73.8 Å². The van der Waals surface area contributed by atoms with Crippen LogP contribution in [0.25, 0.3) is 0 Å². The molecule has 0 saturated heterocycles. The lowest BCUT2D eigenvalue weighted by molar-refractivity contribution is 0.101. The second kappa shape index (κ2) is 3.62. The molecule has 3 heteroatoms. The number of carbonyl (C=O) groups excluding carboxylic acids is 1. The third-order valence-corrected chi connectivity index (χ3v) is 1.93. The van der Waals surface area contributed by atoms with Gasteiger partial charge in [-0.25, -0.2) is 0 Å². The highest BCUT2D eigenvalue weighted by molar-refractivity contribution is 9.08. The van der Waals surface area contributed by atoms with Gasteiger partial charge in [0.2, 0.25) is 0 Å². The predicted molar refractivity (Wildman–Crippen MR) is 46.9 cm³/mol. The van der Waals surface area contributed by atoms with Gasteiger partial charge in [0, 0.05) is 17.1 Å². The van der Waals surface area contributed by atoms with E-state index in [9.17, 15) is 4.79 Å². The zero-order chi connectivity index (χ0) is 8.27. The number of carbonyl (C=O) groups is 1. The van der Waals surface area contributed by atoms with Crippen molar-refractivity contribution in [3.8, 4) is 0 Å². The summed E-state index contributed by atoms with van der Waals surface area (Å²) in [5.74, 6) is 0.0625. The van der Waals surface area contributed by atoms with Gasteiger partial charge in [-0.15, -0.1) is 0 Å². The molecule has 1 heterocycles. The lowest BCUT2D eigenvalue weighted by atomic mass is 10.1. The Hall–Kier alpha value is -0.700. The predicted octanol–water partition coefficient (Wildman–Crippen LogP) is 2.18. The van der Waals surface area contributed by atoms with Gasteiger partial charge < -0.3 is 0 Å². The molecule has 0 fully saturated rings. The molecule has 0 radical (unpaired) electrons. The van der Waals surface area contributed by atoms with Crippen molar-refractivity contribution in [3.63, 3.8) is 0 Å². The quantitative estimate of drug-likeness (QED) is 0.557. The Balaban J connectivity index is 3.12. The molecule has 0 aliphatic carbocycles. The number of pyridine rings is 1. The molecule has 0 spiro atoms. The molecule has 0 amide bonds. The van der Waals surface area contributed by atoms with Gasteiger partial charge in [-0.05, 0) is 19.1 Å². The van der Waals surface area contributed by atoms with E-state index in [1.54, 1.807) is 25.3 Å². The first-order chi connectivity index (χ1) is 5.25. The lowest BCUT2D eigenvalue weighted by Gasteiger charge is -1.99. The van der Waals surface area contributed by atoms with Crippen LogP contribution < -0.4 is 0 Å². The van der Waals surface area contributed by atoms with Crippen LogP contribution in [0.5, 0.6) is 0 Å². The van der Waals surface area contributed by atoms with Crippen LogP contribution >= 0.6 is 15.9 Å². The zero-order valence-corrected chi connectivity index (χ0v) is 7.76. The van der Waals surface area contributed by atoms with E-state index in [2.05, 4.69) is 20.9 Å². The summed E-state index contributed by atoms with van der Waals surface area (Å²) in [6.45, 7) is 1.54. The van der Waals surface area contributed by atoms with Crippen LogP contribution in [0.1, 0.15) is 23.0 Å². The standard InChI is InChI=1S/C8H8BrNO/c1-6(11)7-3-2-4-10-8(7)5-9/h2-4H,5H2,1H3. The fraction of sp³-hybridized carbons (Fsp3) is 0.250. The fourth-order valence-corrected chi connectivity index (χ4v) is 1.31. The first-order valence-corrected chi connectivity index (χ1v) is 4.38. The molecule has 0 atom stereocenters. The molecular formula is C8H8BrNO. The Bertz CT molecular complexity index is 273. The highest BCUT2D eigenvalue weighted by atomic mass is 79.9.